The van der Waals surface area contributed by atoms with Gasteiger partial charge in [-0.05, 0) is 57.2 Å². The molecule has 0 amide bonds. The molecule has 0 aromatic carbocycles. The normalized spacial score (nSPS) is 22.9. The van der Waals surface area contributed by atoms with Crippen LogP contribution in [-0.4, -0.2) is 36.8 Å². The summed E-state index contributed by atoms with van der Waals surface area (Å²) in [6, 6.07) is 0. The molecule has 1 rings (SSSR count). The summed E-state index contributed by atoms with van der Waals surface area (Å²) in [5, 5.41) is 9.27. The summed E-state index contributed by atoms with van der Waals surface area (Å²) in [7, 11) is 2.20. The van der Waals surface area contributed by atoms with Crippen LogP contribution in [0.1, 0.15) is 33.1 Å². The van der Waals surface area contributed by atoms with Crippen LogP contribution in [0.25, 0.3) is 0 Å². The van der Waals surface area contributed by atoms with Crippen molar-refractivity contribution in [1.82, 2.24) is 4.90 Å². The molecule has 1 fully saturated rings. The minimum atomic E-state index is 0.365. The molecule has 1 unspecified atom stereocenters. The molecule has 0 saturated carbocycles. The molecule has 1 aliphatic rings. The van der Waals surface area contributed by atoms with Gasteiger partial charge in [-0.1, -0.05) is 13.8 Å². The van der Waals surface area contributed by atoms with Gasteiger partial charge in [0, 0.05) is 6.61 Å². The van der Waals surface area contributed by atoms with Gasteiger partial charge in [-0.3, -0.25) is 0 Å². The first kappa shape index (κ1) is 12.0. The van der Waals surface area contributed by atoms with Crippen LogP contribution in [0.5, 0.6) is 0 Å². The molecule has 1 saturated heterocycles. The van der Waals surface area contributed by atoms with E-state index in [0.29, 0.717) is 18.4 Å². The summed E-state index contributed by atoms with van der Waals surface area (Å²) in [6.07, 6.45) is 3.86. The minimum Gasteiger partial charge on any atom is -0.396 e. The quantitative estimate of drug-likeness (QED) is 0.748. The highest BCUT2D eigenvalue weighted by atomic mass is 16.3. The lowest BCUT2D eigenvalue weighted by Gasteiger charge is -2.32. The topological polar surface area (TPSA) is 23.5 Å². The standard InChI is InChI=1S/C12H25NO/c1-10(2)12(9-14)8-11-4-6-13(3)7-5-11/h10-12,14H,4-9H2,1-3H3. The maximum atomic E-state index is 9.27. The van der Waals surface area contributed by atoms with Gasteiger partial charge in [-0.25, -0.2) is 0 Å². The maximum Gasteiger partial charge on any atom is 0.0461 e. The Bertz CT molecular complexity index is 150. The highest BCUT2D eigenvalue weighted by Crippen LogP contribution is 2.27. The lowest BCUT2D eigenvalue weighted by Crippen LogP contribution is -2.32. The van der Waals surface area contributed by atoms with Crippen LogP contribution in [0.2, 0.25) is 0 Å². The second-order valence-electron chi connectivity index (χ2n) is 5.17. The Morgan fingerprint density at radius 1 is 1.29 bits per heavy atom. The molecule has 14 heavy (non-hydrogen) atoms. The summed E-state index contributed by atoms with van der Waals surface area (Å²) in [5.74, 6) is 1.99. The highest BCUT2D eigenvalue weighted by Gasteiger charge is 2.21. The third-order valence-electron chi connectivity index (χ3n) is 3.65. The van der Waals surface area contributed by atoms with Gasteiger partial charge in [-0.15, -0.1) is 0 Å². The van der Waals surface area contributed by atoms with Crippen molar-refractivity contribution >= 4 is 0 Å². The molecule has 84 valence electrons. The summed E-state index contributed by atoms with van der Waals surface area (Å²) in [6.45, 7) is 7.28. The van der Waals surface area contributed by atoms with Gasteiger partial charge in [0.1, 0.15) is 0 Å². The Labute approximate surface area is 88.3 Å². The van der Waals surface area contributed by atoms with Crippen molar-refractivity contribution in [2.24, 2.45) is 17.8 Å². The molecule has 1 heterocycles. The van der Waals surface area contributed by atoms with E-state index in [1.165, 1.54) is 32.4 Å². The zero-order chi connectivity index (χ0) is 10.6. The smallest absolute Gasteiger partial charge is 0.0461 e. The number of piperidine rings is 1. The van der Waals surface area contributed by atoms with Crippen molar-refractivity contribution in [3.63, 3.8) is 0 Å². The molecular weight excluding hydrogens is 174 g/mol. The van der Waals surface area contributed by atoms with E-state index in [1.807, 2.05) is 0 Å². The Hall–Kier alpha value is -0.0800. The molecular formula is C12H25NO. The predicted molar refractivity (Wildman–Crippen MR) is 60.3 cm³/mol. The summed E-state index contributed by atoms with van der Waals surface area (Å²) >= 11 is 0. The van der Waals surface area contributed by atoms with Crippen LogP contribution >= 0.6 is 0 Å². The number of rotatable bonds is 4. The SMILES string of the molecule is CC(C)C(CO)CC1CCN(C)CC1. The fraction of sp³-hybridized carbons (Fsp3) is 1.00. The monoisotopic (exact) mass is 199 g/mol. The van der Waals surface area contributed by atoms with Crippen molar-refractivity contribution in [2.45, 2.75) is 33.1 Å². The summed E-state index contributed by atoms with van der Waals surface area (Å²) in [5.41, 5.74) is 0. The maximum absolute atomic E-state index is 9.27. The van der Waals surface area contributed by atoms with Crippen molar-refractivity contribution < 1.29 is 5.11 Å². The van der Waals surface area contributed by atoms with Crippen LogP contribution in [0.4, 0.5) is 0 Å². The Morgan fingerprint density at radius 3 is 2.29 bits per heavy atom. The zero-order valence-electron chi connectivity index (χ0n) is 9.87. The van der Waals surface area contributed by atoms with Gasteiger partial charge < -0.3 is 10.0 Å². The van der Waals surface area contributed by atoms with Crippen molar-refractivity contribution in [2.75, 3.05) is 26.7 Å². The van der Waals surface area contributed by atoms with Gasteiger partial charge in [0.2, 0.25) is 0 Å². The number of hydrogen-bond donors (Lipinski definition) is 1. The van der Waals surface area contributed by atoms with E-state index >= 15 is 0 Å². The van der Waals surface area contributed by atoms with Crippen LogP contribution in [0, 0.1) is 17.8 Å². The lowest BCUT2D eigenvalue weighted by molar-refractivity contribution is 0.133. The molecule has 2 nitrogen and oxygen atoms in total. The second kappa shape index (κ2) is 5.72. The fourth-order valence-electron chi connectivity index (χ4n) is 2.28. The van der Waals surface area contributed by atoms with E-state index in [4.69, 9.17) is 0 Å². The molecule has 0 aromatic heterocycles. The van der Waals surface area contributed by atoms with Gasteiger partial charge in [0.15, 0.2) is 0 Å². The Kier molecular flexibility index (Phi) is 4.90. The van der Waals surface area contributed by atoms with Crippen LogP contribution < -0.4 is 0 Å². The van der Waals surface area contributed by atoms with Gasteiger partial charge in [0.25, 0.3) is 0 Å². The van der Waals surface area contributed by atoms with E-state index in [-0.39, 0.29) is 0 Å². The molecule has 0 spiro atoms. The molecule has 1 N–H and O–H groups in total. The second-order valence-corrected chi connectivity index (χ2v) is 5.17. The number of likely N-dealkylation sites (tertiary alicyclic amines) is 1. The van der Waals surface area contributed by atoms with Gasteiger partial charge in [-0.2, -0.15) is 0 Å². The van der Waals surface area contributed by atoms with Crippen LogP contribution in [-0.2, 0) is 0 Å². The lowest BCUT2D eigenvalue weighted by atomic mass is 9.83. The van der Waals surface area contributed by atoms with Crippen molar-refractivity contribution in [3.05, 3.63) is 0 Å². The number of nitrogens with zero attached hydrogens (tertiary/aromatic N) is 1. The summed E-state index contributed by atoms with van der Waals surface area (Å²) in [4.78, 5) is 2.40. The van der Waals surface area contributed by atoms with E-state index in [0.717, 1.165) is 5.92 Å². The molecule has 0 aromatic rings. The van der Waals surface area contributed by atoms with Gasteiger partial charge >= 0.3 is 0 Å². The molecule has 1 aliphatic heterocycles. The number of aliphatic hydroxyl groups excluding tert-OH is 1. The van der Waals surface area contributed by atoms with Crippen LogP contribution in [0.3, 0.4) is 0 Å². The van der Waals surface area contributed by atoms with E-state index in [2.05, 4.69) is 25.8 Å². The number of hydrogen-bond acceptors (Lipinski definition) is 2. The average molecular weight is 199 g/mol. The first-order valence-corrected chi connectivity index (χ1v) is 5.93. The third-order valence-corrected chi connectivity index (χ3v) is 3.65. The zero-order valence-corrected chi connectivity index (χ0v) is 9.87. The van der Waals surface area contributed by atoms with Gasteiger partial charge in [0.05, 0.1) is 0 Å². The summed E-state index contributed by atoms with van der Waals surface area (Å²) < 4.78 is 0. The number of aliphatic hydroxyl groups is 1. The molecule has 0 bridgehead atoms. The molecule has 0 radical (unpaired) electrons. The average Bonchev–Trinajstić information content (AvgIpc) is 2.16. The third kappa shape index (κ3) is 3.58. The first-order chi connectivity index (χ1) is 6.63. The van der Waals surface area contributed by atoms with E-state index in [9.17, 15) is 5.11 Å². The van der Waals surface area contributed by atoms with Crippen LogP contribution in [0.15, 0.2) is 0 Å². The minimum absolute atomic E-state index is 0.365. The molecule has 2 heteroatoms. The molecule has 1 atom stereocenters. The van der Waals surface area contributed by atoms with E-state index in [1.54, 1.807) is 0 Å². The molecule has 0 aliphatic carbocycles. The fourth-order valence-corrected chi connectivity index (χ4v) is 2.28. The van der Waals surface area contributed by atoms with E-state index < -0.39 is 0 Å². The predicted octanol–water partition coefficient (Wildman–Crippen LogP) is 1.98. The Balaban J connectivity index is 2.29. The highest BCUT2D eigenvalue weighted by molar-refractivity contribution is 4.74. The van der Waals surface area contributed by atoms with Crippen molar-refractivity contribution in [1.29, 1.82) is 0 Å². The Morgan fingerprint density at radius 2 is 1.86 bits per heavy atom. The first-order valence-electron chi connectivity index (χ1n) is 5.93. The van der Waals surface area contributed by atoms with Crippen molar-refractivity contribution in [3.8, 4) is 0 Å². The largest absolute Gasteiger partial charge is 0.396 e.